The van der Waals surface area contributed by atoms with Crippen LogP contribution in [0.15, 0.2) is 35.4 Å². The van der Waals surface area contributed by atoms with E-state index in [2.05, 4.69) is 10.0 Å². The molecule has 0 heterocycles. The quantitative estimate of drug-likeness (QED) is 0.401. The summed E-state index contributed by atoms with van der Waals surface area (Å²) in [5.41, 5.74) is 9.28. The summed E-state index contributed by atoms with van der Waals surface area (Å²) < 4.78 is 5.37. The van der Waals surface area contributed by atoms with E-state index in [1.54, 1.807) is 0 Å². The summed E-state index contributed by atoms with van der Waals surface area (Å²) in [5, 5.41) is 3.51. The summed E-state index contributed by atoms with van der Waals surface area (Å²) in [6.45, 7) is 2.84. The summed E-state index contributed by atoms with van der Waals surface area (Å²) in [4.78, 5) is 2.71. The Kier molecular flexibility index (Phi) is 4.55. The summed E-state index contributed by atoms with van der Waals surface area (Å²) in [6, 6.07) is 9.79. The molecular weight excluding hydrogens is 178 g/mol. The van der Waals surface area contributed by atoms with Crippen LogP contribution in [0.3, 0.4) is 0 Å². The number of hydrogen-bond acceptors (Lipinski definition) is 2. The average Bonchev–Trinajstić information content (AvgIpc) is 2.20. The highest BCUT2D eigenvalue weighted by atomic mass is 16.5. The van der Waals surface area contributed by atoms with Crippen molar-refractivity contribution in [3.05, 3.63) is 46.3 Å². The van der Waals surface area contributed by atoms with Crippen LogP contribution >= 0.6 is 0 Å². The molecule has 0 N–H and O–H groups in total. The summed E-state index contributed by atoms with van der Waals surface area (Å²) >= 11 is 0. The van der Waals surface area contributed by atoms with Crippen molar-refractivity contribution in [2.75, 3.05) is 6.61 Å². The van der Waals surface area contributed by atoms with E-state index in [1.807, 2.05) is 37.3 Å². The van der Waals surface area contributed by atoms with Crippen molar-refractivity contribution in [2.45, 2.75) is 19.6 Å². The fourth-order valence-corrected chi connectivity index (χ4v) is 1.04. The molecule has 4 heteroatoms. The molecule has 1 rings (SSSR count). The van der Waals surface area contributed by atoms with Gasteiger partial charge in [0.1, 0.15) is 0 Å². The zero-order valence-electron chi connectivity index (χ0n) is 8.13. The van der Waals surface area contributed by atoms with Gasteiger partial charge in [-0.15, -0.1) is 0 Å². The predicted octanol–water partition coefficient (Wildman–Crippen LogP) is 2.90. The predicted molar refractivity (Wildman–Crippen MR) is 54.7 cm³/mol. The maximum atomic E-state index is 8.16. The summed E-state index contributed by atoms with van der Waals surface area (Å²) in [5.74, 6) is 0. The lowest BCUT2D eigenvalue weighted by molar-refractivity contribution is 0.111. The van der Waals surface area contributed by atoms with Crippen LogP contribution in [0.2, 0.25) is 0 Å². The summed E-state index contributed by atoms with van der Waals surface area (Å²) in [7, 11) is 0. The number of hydrogen-bond donors (Lipinski definition) is 0. The standard InChI is InChI=1S/C10H13N3O/c1-9(12-13-11)7-14-8-10-5-3-2-4-6-10/h2-6,9H,7-8H2,1H3/t9-/m0/s1. The van der Waals surface area contributed by atoms with E-state index < -0.39 is 0 Å². The molecule has 0 unspecified atom stereocenters. The molecule has 0 aliphatic rings. The van der Waals surface area contributed by atoms with Gasteiger partial charge in [0.15, 0.2) is 0 Å². The molecule has 0 radical (unpaired) electrons. The average molecular weight is 191 g/mol. The second kappa shape index (κ2) is 6.02. The first-order valence-corrected chi connectivity index (χ1v) is 4.49. The van der Waals surface area contributed by atoms with Gasteiger partial charge in [-0.3, -0.25) is 0 Å². The first-order chi connectivity index (χ1) is 6.83. The molecule has 0 aromatic heterocycles. The molecule has 1 aromatic carbocycles. The SMILES string of the molecule is C[C@@H](COCc1ccccc1)N=[N+]=[N-]. The molecule has 0 spiro atoms. The normalized spacial score (nSPS) is 11.8. The Balaban J connectivity index is 2.25. The maximum Gasteiger partial charge on any atom is 0.0716 e. The van der Waals surface area contributed by atoms with E-state index >= 15 is 0 Å². The molecule has 1 aromatic rings. The number of rotatable bonds is 5. The Morgan fingerprint density at radius 2 is 2.14 bits per heavy atom. The Hall–Kier alpha value is -1.51. The minimum atomic E-state index is -0.108. The largest absolute Gasteiger partial charge is 0.376 e. The van der Waals surface area contributed by atoms with Gasteiger partial charge < -0.3 is 4.74 Å². The zero-order valence-corrected chi connectivity index (χ0v) is 8.13. The number of benzene rings is 1. The van der Waals surface area contributed by atoms with E-state index in [9.17, 15) is 0 Å². The molecule has 0 amide bonds. The van der Waals surface area contributed by atoms with E-state index in [-0.39, 0.29) is 6.04 Å². The van der Waals surface area contributed by atoms with Crippen molar-refractivity contribution in [1.82, 2.24) is 0 Å². The van der Waals surface area contributed by atoms with Gasteiger partial charge in [-0.2, -0.15) is 0 Å². The minimum Gasteiger partial charge on any atom is -0.376 e. The third-order valence-corrected chi connectivity index (χ3v) is 1.72. The Morgan fingerprint density at radius 3 is 2.79 bits per heavy atom. The third-order valence-electron chi connectivity index (χ3n) is 1.72. The molecule has 0 saturated heterocycles. The van der Waals surface area contributed by atoms with Crippen LogP contribution in [-0.4, -0.2) is 12.6 Å². The number of ether oxygens (including phenoxy) is 1. The highest BCUT2D eigenvalue weighted by molar-refractivity contribution is 5.13. The van der Waals surface area contributed by atoms with Crippen molar-refractivity contribution in [3.8, 4) is 0 Å². The molecule has 0 aliphatic heterocycles. The lowest BCUT2D eigenvalue weighted by atomic mass is 10.2. The van der Waals surface area contributed by atoms with Crippen molar-refractivity contribution < 1.29 is 4.74 Å². The van der Waals surface area contributed by atoms with E-state index in [0.29, 0.717) is 13.2 Å². The number of nitrogens with zero attached hydrogens (tertiary/aromatic N) is 3. The van der Waals surface area contributed by atoms with E-state index in [1.165, 1.54) is 0 Å². The van der Waals surface area contributed by atoms with Crippen molar-refractivity contribution in [3.63, 3.8) is 0 Å². The molecule has 74 valence electrons. The van der Waals surface area contributed by atoms with Crippen LogP contribution in [0.5, 0.6) is 0 Å². The first kappa shape index (κ1) is 10.6. The Labute approximate surface area is 83.1 Å². The van der Waals surface area contributed by atoms with Gasteiger partial charge in [-0.1, -0.05) is 42.4 Å². The van der Waals surface area contributed by atoms with Crippen LogP contribution in [0.4, 0.5) is 0 Å². The molecule has 1 atom stereocenters. The smallest absolute Gasteiger partial charge is 0.0716 e. The summed E-state index contributed by atoms with van der Waals surface area (Å²) in [6.07, 6.45) is 0. The second-order valence-corrected chi connectivity index (χ2v) is 3.05. The van der Waals surface area contributed by atoms with Crippen LogP contribution in [0, 0.1) is 0 Å². The van der Waals surface area contributed by atoms with Crippen LogP contribution < -0.4 is 0 Å². The molecule has 4 nitrogen and oxygen atoms in total. The Bertz CT molecular complexity index is 306. The number of azide groups is 1. The van der Waals surface area contributed by atoms with Gasteiger partial charge in [0.25, 0.3) is 0 Å². The van der Waals surface area contributed by atoms with E-state index in [0.717, 1.165) is 5.56 Å². The third kappa shape index (κ3) is 3.94. The molecule has 0 aliphatic carbocycles. The molecule has 0 fully saturated rings. The lowest BCUT2D eigenvalue weighted by Gasteiger charge is -2.06. The van der Waals surface area contributed by atoms with Crippen LogP contribution in [-0.2, 0) is 11.3 Å². The second-order valence-electron chi connectivity index (χ2n) is 3.05. The van der Waals surface area contributed by atoms with Crippen molar-refractivity contribution >= 4 is 0 Å². The van der Waals surface area contributed by atoms with Crippen LogP contribution in [0.1, 0.15) is 12.5 Å². The highest BCUT2D eigenvalue weighted by Gasteiger charge is 1.98. The molecule has 14 heavy (non-hydrogen) atoms. The molecule has 0 saturated carbocycles. The molecular formula is C10H13N3O. The maximum absolute atomic E-state index is 8.16. The fraction of sp³-hybridized carbons (Fsp3) is 0.400. The fourth-order valence-electron chi connectivity index (χ4n) is 1.04. The van der Waals surface area contributed by atoms with Gasteiger partial charge in [0.05, 0.1) is 19.3 Å². The van der Waals surface area contributed by atoms with Crippen molar-refractivity contribution in [1.29, 1.82) is 0 Å². The molecule has 0 bridgehead atoms. The van der Waals surface area contributed by atoms with Gasteiger partial charge in [-0.05, 0) is 11.1 Å². The topological polar surface area (TPSA) is 58.0 Å². The zero-order chi connectivity index (χ0) is 10.2. The van der Waals surface area contributed by atoms with E-state index in [4.69, 9.17) is 10.3 Å². The van der Waals surface area contributed by atoms with Gasteiger partial charge in [0.2, 0.25) is 0 Å². The first-order valence-electron chi connectivity index (χ1n) is 4.49. The van der Waals surface area contributed by atoms with Gasteiger partial charge >= 0.3 is 0 Å². The highest BCUT2D eigenvalue weighted by Crippen LogP contribution is 2.01. The van der Waals surface area contributed by atoms with Crippen LogP contribution in [0.25, 0.3) is 10.4 Å². The van der Waals surface area contributed by atoms with Gasteiger partial charge in [0, 0.05) is 4.91 Å². The van der Waals surface area contributed by atoms with Crippen molar-refractivity contribution in [2.24, 2.45) is 5.11 Å². The monoisotopic (exact) mass is 191 g/mol. The lowest BCUT2D eigenvalue weighted by Crippen LogP contribution is -2.07. The van der Waals surface area contributed by atoms with Gasteiger partial charge in [-0.25, -0.2) is 0 Å². The minimum absolute atomic E-state index is 0.108. The Morgan fingerprint density at radius 1 is 1.43 bits per heavy atom.